The zero-order valence-electron chi connectivity index (χ0n) is 12.0. The molecule has 1 aliphatic rings. The molecule has 3 heteroatoms. The van der Waals surface area contributed by atoms with E-state index in [4.69, 9.17) is 4.74 Å². The molecule has 0 aliphatic heterocycles. The van der Waals surface area contributed by atoms with E-state index in [0.717, 1.165) is 19.6 Å². The molecule has 0 bridgehead atoms. The average Bonchev–Trinajstić information content (AvgIpc) is 2.77. The first-order valence-electron chi connectivity index (χ1n) is 6.99. The zero-order valence-corrected chi connectivity index (χ0v) is 12.8. The second-order valence-electron chi connectivity index (χ2n) is 5.50. The number of thiophene rings is 1. The van der Waals surface area contributed by atoms with Gasteiger partial charge in [-0.3, -0.25) is 0 Å². The Bertz CT molecular complexity index is 390. The summed E-state index contributed by atoms with van der Waals surface area (Å²) < 4.78 is 5.84. The molecule has 1 heterocycles. The molecule has 2 nitrogen and oxygen atoms in total. The van der Waals surface area contributed by atoms with Crippen LogP contribution < -0.4 is 5.32 Å². The fourth-order valence-electron chi connectivity index (χ4n) is 2.87. The number of hydrogen-bond donors (Lipinski definition) is 1. The van der Waals surface area contributed by atoms with E-state index in [-0.39, 0.29) is 0 Å². The SMILES string of the molecule is CCOC1CC(NCc2sccc2C)C1(C)CC. The molecular formula is C15H25NOS. The van der Waals surface area contributed by atoms with Crippen molar-refractivity contribution in [3.05, 3.63) is 21.9 Å². The molecule has 3 atom stereocenters. The lowest BCUT2D eigenvalue weighted by Gasteiger charge is -2.53. The van der Waals surface area contributed by atoms with Gasteiger partial charge < -0.3 is 10.1 Å². The van der Waals surface area contributed by atoms with Crippen LogP contribution in [0.1, 0.15) is 44.1 Å². The van der Waals surface area contributed by atoms with Gasteiger partial charge >= 0.3 is 0 Å². The van der Waals surface area contributed by atoms with E-state index in [9.17, 15) is 0 Å². The Morgan fingerprint density at radius 1 is 1.50 bits per heavy atom. The van der Waals surface area contributed by atoms with Gasteiger partial charge in [-0.2, -0.15) is 0 Å². The maximum absolute atomic E-state index is 5.84. The van der Waals surface area contributed by atoms with Crippen molar-refractivity contribution >= 4 is 11.3 Å². The van der Waals surface area contributed by atoms with Gasteiger partial charge in [0.1, 0.15) is 0 Å². The predicted molar refractivity (Wildman–Crippen MR) is 78.1 cm³/mol. The molecular weight excluding hydrogens is 242 g/mol. The molecule has 3 unspecified atom stereocenters. The van der Waals surface area contributed by atoms with E-state index in [2.05, 4.69) is 44.5 Å². The largest absolute Gasteiger partial charge is 0.378 e. The minimum absolute atomic E-state index is 0.307. The van der Waals surface area contributed by atoms with E-state index in [0.29, 0.717) is 17.6 Å². The smallest absolute Gasteiger partial charge is 0.0658 e. The van der Waals surface area contributed by atoms with Gasteiger partial charge in [-0.1, -0.05) is 13.8 Å². The third-order valence-electron chi connectivity index (χ3n) is 4.59. The quantitative estimate of drug-likeness (QED) is 0.848. The van der Waals surface area contributed by atoms with Crippen molar-refractivity contribution in [1.29, 1.82) is 0 Å². The van der Waals surface area contributed by atoms with Crippen LogP contribution in [0.5, 0.6) is 0 Å². The molecule has 0 saturated heterocycles. The van der Waals surface area contributed by atoms with Gasteiger partial charge in [0.05, 0.1) is 6.10 Å². The number of aryl methyl sites for hydroxylation is 1. The van der Waals surface area contributed by atoms with Crippen LogP contribution in [0.2, 0.25) is 0 Å². The van der Waals surface area contributed by atoms with Gasteiger partial charge in [0.25, 0.3) is 0 Å². The van der Waals surface area contributed by atoms with E-state index >= 15 is 0 Å². The first kappa shape index (κ1) is 14.0. The minimum Gasteiger partial charge on any atom is -0.378 e. The second-order valence-corrected chi connectivity index (χ2v) is 6.50. The fourth-order valence-corrected chi connectivity index (χ4v) is 3.72. The van der Waals surface area contributed by atoms with Crippen molar-refractivity contribution in [2.45, 2.75) is 59.2 Å². The lowest BCUT2D eigenvalue weighted by molar-refractivity contribution is -0.126. The van der Waals surface area contributed by atoms with Gasteiger partial charge in [0, 0.05) is 29.5 Å². The van der Waals surface area contributed by atoms with Crippen molar-refractivity contribution in [2.75, 3.05) is 6.61 Å². The Balaban J connectivity index is 1.89. The highest BCUT2D eigenvalue weighted by molar-refractivity contribution is 7.10. The highest BCUT2D eigenvalue weighted by Gasteiger charge is 2.50. The lowest BCUT2D eigenvalue weighted by atomic mass is 9.61. The van der Waals surface area contributed by atoms with Crippen molar-refractivity contribution in [2.24, 2.45) is 5.41 Å². The predicted octanol–water partition coefficient (Wildman–Crippen LogP) is 3.74. The molecule has 1 aromatic heterocycles. The summed E-state index contributed by atoms with van der Waals surface area (Å²) in [5, 5.41) is 5.90. The number of hydrogen-bond acceptors (Lipinski definition) is 3. The van der Waals surface area contributed by atoms with Gasteiger partial charge in [0.2, 0.25) is 0 Å². The normalized spacial score (nSPS) is 31.3. The highest BCUT2D eigenvalue weighted by Crippen LogP contribution is 2.46. The van der Waals surface area contributed by atoms with Gasteiger partial charge in [0.15, 0.2) is 0 Å². The van der Waals surface area contributed by atoms with Crippen molar-refractivity contribution in [1.82, 2.24) is 5.32 Å². The van der Waals surface area contributed by atoms with E-state index < -0.39 is 0 Å². The van der Waals surface area contributed by atoms with Crippen LogP contribution in [0.15, 0.2) is 11.4 Å². The van der Waals surface area contributed by atoms with Crippen LogP contribution in [0, 0.1) is 12.3 Å². The topological polar surface area (TPSA) is 21.3 Å². The summed E-state index contributed by atoms with van der Waals surface area (Å²) in [5.74, 6) is 0. The summed E-state index contributed by atoms with van der Waals surface area (Å²) in [6, 6.07) is 2.80. The van der Waals surface area contributed by atoms with E-state index in [1.807, 2.05) is 11.3 Å². The average molecular weight is 267 g/mol. The molecule has 1 N–H and O–H groups in total. The van der Waals surface area contributed by atoms with Crippen LogP contribution in [0.25, 0.3) is 0 Å². The molecule has 0 amide bonds. The zero-order chi connectivity index (χ0) is 13.2. The van der Waals surface area contributed by atoms with Crippen LogP contribution in [-0.4, -0.2) is 18.8 Å². The Hall–Kier alpha value is -0.380. The molecule has 0 aromatic carbocycles. The highest BCUT2D eigenvalue weighted by atomic mass is 32.1. The summed E-state index contributed by atoms with van der Waals surface area (Å²) in [6.07, 6.45) is 2.77. The summed E-state index contributed by atoms with van der Waals surface area (Å²) in [6.45, 7) is 10.7. The molecule has 1 fully saturated rings. The summed E-state index contributed by atoms with van der Waals surface area (Å²) >= 11 is 1.85. The molecule has 18 heavy (non-hydrogen) atoms. The standard InChI is InChI=1S/C15H25NOS/c1-5-15(4)13(9-14(15)17-6-2)16-10-12-11(3)7-8-18-12/h7-8,13-14,16H,5-6,9-10H2,1-4H3. The van der Waals surface area contributed by atoms with E-state index in [1.54, 1.807) is 0 Å². The first-order valence-corrected chi connectivity index (χ1v) is 7.87. The molecule has 0 radical (unpaired) electrons. The molecule has 2 rings (SSSR count). The van der Waals surface area contributed by atoms with E-state index in [1.165, 1.54) is 16.9 Å². The Kier molecular flexibility index (Phi) is 4.46. The van der Waals surface area contributed by atoms with Crippen LogP contribution in [-0.2, 0) is 11.3 Å². The fraction of sp³-hybridized carbons (Fsp3) is 0.733. The molecule has 0 spiro atoms. The van der Waals surface area contributed by atoms with Crippen LogP contribution in [0.3, 0.4) is 0 Å². The molecule has 1 aliphatic carbocycles. The summed E-state index contributed by atoms with van der Waals surface area (Å²) in [4.78, 5) is 1.47. The van der Waals surface area contributed by atoms with Gasteiger partial charge in [-0.05, 0) is 43.7 Å². The summed E-state index contributed by atoms with van der Waals surface area (Å²) in [7, 11) is 0. The van der Waals surface area contributed by atoms with Crippen molar-refractivity contribution in [3.8, 4) is 0 Å². The minimum atomic E-state index is 0.307. The number of rotatable bonds is 6. The number of nitrogens with one attached hydrogen (secondary N) is 1. The maximum Gasteiger partial charge on any atom is 0.0658 e. The summed E-state index contributed by atoms with van der Waals surface area (Å²) in [5.41, 5.74) is 1.72. The number of ether oxygens (including phenoxy) is 1. The second kappa shape index (κ2) is 5.72. The van der Waals surface area contributed by atoms with Gasteiger partial charge in [-0.15, -0.1) is 11.3 Å². The Morgan fingerprint density at radius 3 is 2.83 bits per heavy atom. The van der Waals surface area contributed by atoms with Crippen molar-refractivity contribution in [3.63, 3.8) is 0 Å². The lowest BCUT2D eigenvalue weighted by Crippen LogP contribution is -2.61. The van der Waals surface area contributed by atoms with Crippen LogP contribution in [0.4, 0.5) is 0 Å². The van der Waals surface area contributed by atoms with Crippen LogP contribution >= 0.6 is 11.3 Å². The van der Waals surface area contributed by atoms with Gasteiger partial charge in [-0.25, -0.2) is 0 Å². The molecule has 102 valence electrons. The Labute approximate surface area is 115 Å². The maximum atomic E-state index is 5.84. The van der Waals surface area contributed by atoms with Crippen molar-refractivity contribution < 1.29 is 4.74 Å². The first-order chi connectivity index (χ1) is 8.61. The third kappa shape index (κ3) is 2.49. The molecule has 1 aromatic rings. The monoisotopic (exact) mass is 267 g/mol. The Morgan fingerprint density at radius 2 is 2.28 bits per heavy atom. The molecule has 1 saturated carbocycles. The third-order valence-corrected chi connectivity index (χ3v) is 5.61.